The number of aliphatic hydroxyl groups is 1. The fourth-order valence-electron chi connectivity index (χ4n) is 1.15. The predicted octanol–water partition coefficient (Wildman–Crippen LogP) is 1.35. The van der Waals surface area contributed by atoms with Crippen LogP contribution in [-0.4, -0.2) is 18.2 Å². The average Bonchev–Trinajstić information content (AvgIpc) is 2.54. The molecule has 2 rings (SSSR count). The van der Waals surface area contributed by atoms with Gasteiger partial charge in [0, 0.05) is 0 Å². The van der Waals surface area contributed by atoms with Gasteiger partial charge in [-0.2, -0.15) is 0 Å². The van der Waals surface area contributed by atoms with Gasteiger partial charge >= 0.3 is 0 Å². The highest BCUT2D eigenvalue weighted by Crippen LogP contribution is 2.17. The summed E-state index contributed by atoms with van der Waals surface area (Å²) in [6, 6.07) is 9.65. The van der Waals surface area contributed by atoms with Crippen LogP contribution in [0, 0.1) is 0 Å². The lowest BCUT2D eigenvalue weighted by molar-refractivity contribution is -0.0538. The van der Waals surface area contributed by atoms with E-state index in [9.17, 15) is 5.11 Å². The molecule has 1 heterocycles. The Balaban J connectivity index is 2.20. The van der Waals surface area contributed by atoms with Gasteiger partial charge < -0.3 is 14.6 Å². The topological polar surface area (TPSA) is 38.7 Å². The molecule has 0 spiro atoms. The van der Waals surface area contributed by atoms with E-state index in [2.05, 4.69) is 0 Å². The lowest BCUT2D eigenvalue weighted by atomic mass is 10.2. The number of benzene rings is 1. The maximum absolute atomic E-state index is 9.23. The predicted molar refractivity (Wildman–Crippen MR) is 47.5 cm³/mol. The molecular weight excluding hydrogens is 168 g/mol. The largest absolute Gasteiger partial charge is 0.466 e. The Morgan fingerprint density at radius 3 is 2.69 bits per heavy atom. The molecule has 1 aliphatic rings. The summed E-state index contributed by atoms with van der Waals surface area (Å²) in [5, 5.41) is 9.23. The van der Waals surface area contributed by atoms with Crippen molar-refractivity contribution < 1.29 is 14.6 Å². The van der Waals surface area contributed by atoms with Crippen molar-refractivity contribution in [2.45, 2.75) is 6.29 Å². The van der Waals surface area contributed by atoms with Crippen LogP contribution in [0.2, 0.25) is 0 Å². The molecule has 1 fully saturated rings. The molecule has 0 bridgehead atoms. The fraction of sp³-hybridized carbons (Fsp3) is 0.200. The third-order valence-electron chi connectivity index (χ3n) is 1.80. The van der Waals surface area contributed by atoms with Gasteiger partial charge in [0.15, 0.2) is 12.6 Å². The molecule has 3 nitrogen and oxygen atoms in total. The monoisotopic (exact) mass is 178 g/mol. The molecule has 1 aromatic carbocycles. The molecule has 1 unspecified atom stereocenters. The van der Waals surface area contributed by atoms with Crippen molar-refractivity contribution in [1.29, 1.82) is 0 Å². The van der Waals surface area contributed by atoms with E-state index in [1.807, 2.05) is 30.3 Å². The summed E-state index contributed by atoms with van der Waals surface area (Å²) in [5.74, 6) is 0.464. The first-order chi connectivity index (χ1) is 6.36. The zero-order valence-corrected chi connectivity index (χ0v) is 7.01. The van der Waals surface area contributed by atoms with Crippen LogP contribution in [0.25, 0.3) is 6.08 Å². The quantitative estimate of drug-likeness (QED) is 0.705. The Kier molecular flexibility index (Phi) is 2.29. The summed E-state index contributed by atoms with van der Waals surface area (Å²) in [4.78, 5) is 0. The zero-order valence-electron chi connectivity index (χ0n) is 7.01. The standard InChI is InChI=1S/C10H10O3/c11-10-9(12-7-13-10)6-8-4-2-1-3-5-8/h1-6,10-11H,7H2. The van der Waals surface area contributed by atoms with Crippen molar-refractivity contribution >= 4 is 6.08 Å². The summed E-state index contributed by atoms with van der Waals surface area (Å²) in [6.45, 7) is 0.125. The van der Waals surface area contributed by atoms with Crippen LogP contribution in [-0.2, 0) is 9.47 Å². The van der Waals surface area contributed by atoms with Crippen LogP contribution < -0.4 is 0 Å². The highest BCUT2D eigenvalue weighted by molar-refractivity contribution is 5.51. The van der Waals surface area contributed by atoms with Gasteiger partial charge in [-0.1, -0.05) is 30.3 Å². The Bertz CT molecular complexity index is 305. The first-order valence-electron chi connectivity index (χ1n) is 4.05. The lowest BCUT2D eigenvalue weighted by Crippen LogP contribution is -2.04. The second-order valence-corrected chi connectivity index (χ2v) is 2.74. The highest BCUT2D eigenvalue weighted by Gasteiger charge is 2.19. The van der Waals surface area contributed by atoms with Crippen LogP contribution in [0.15, 0.2) is 36.1 Å². The molecule has 1 N–H and O–H groups in total. The van der Waals surface area contributed by atoms with Crippen LogP contribution in [0.3, 0.4) is 0 Å². The Morgan fingerprint density at radius 1 is 1.31 bits per heavy atom. The van der Waals surface area contributed by atoms with Crippen molar-refractivity contribution in [3.8, 4) is 0 Å². The number of ether oxygens (including phenoxy) is 2. The SMILES string of the molecule is OC1OCOC1=Cc1ccccc1. The molecule has 1 aliphatic heterocycles. The van der Waals surface area contributed by atoms with Gasteiger partial charge in [0.2, 0.25) is 6.29 Å². The molecule has 13 heavy (non-hydrogen) atoms. The van der Waals surface area contributed by atoms with E-state index in [1.54, 1.807) is 6.08 Å². The van der Waals surface area contributed by atoms with Gasteiger partial charge in [0.25, 0.3) is 0 Å². The van der Waals surface area contributed by atoms with E-state index in [0.29, 0.717) is 5.76 Å². The third-order valence-corrected chi connectivity index (χ3v) is 1.80. The summed E-state index contributed by atoms with van der Waals surface area (Å²) < 4.78 is 9.86. The Labute approximate surface area is 76.2 Å². The van der Waals surface area contributed by atoms with Gasteiger partial charge in [0.1, 0.15) is 0 Å². The molecule has 1 aromatic rings. The van der Waals surface area contributed by atoms with Crippen LogP contribution in [0.5, 0.6) is 0 Å². The summed E-state index contributed by atoms with van der Waals surface area (Å²) in [7, 11) is 0. The smallest absolute Gasteiger partial charge is 0.217 e. The second kappa shape index (κ2) is 3.60. The minimum atomic E-state index is -0.916. The summed E-state index contributed by atoms with van der Waals surface area (Å²) in [6.07, 6.45) is 0.845. The second-order valence-electron chi connectivity index (χ2n) is 2.74. The Morgan fingerprint density at radius 2 is 2.08 bits per heavy atom. The van der Waals surface area contributed by atoms with Crippen molar-refractivity contribution in [2.75, 3.05) is 6.79 Å². The van der Waals surface area contributed by atoms with E-state index in [1.165, 1.54) is 0 Å². The molecular formula is C10H10O3. The summed E-state index contributed by atoms with van der Waals surface area (Å²) in [5.41, 5.74) is 0.988. The zero-order chi connectivity index (χ0) is 9.10. The van der Waals surface area contributed by atoms with E-state index in [-0.39, 0.29) is 6.79 Å². The molecule has 0 saturated carbocycles. The maximum Gasteiger partial charge on any atom is 0.217 e. The Hall–Kier alpha value is -1.32. The number of rotatable bonds is 1. The first kappa shape index (κ1) is 8.29. The molecule has 0 aromatic heterocycles. The van der Waals surface area contributed by atoms with Gasteiger partial charge in [-0.15, -0.1) is 0 Å². The lowest BCUT2D eigenvalue weighted by Gasteiger charge is -1.99. The van der Waals surface area contributed by atoms with E-state index in [0.717, 1.165) is 5.56 Å². The molecule has 1 saturated heterocycles. The molecule has 1 atom stereocenters. The van der Waals surface area contributed by atoms with Crippen LogP contribution in [0.4, 0.5) is 0 Å². The summed E-state index contributed by atoms with van der Waals surface area (Å²) >= 11 is 0. The highest BCUT2D eigenvalue weighted by atomic mass is 16.8. The van der Waals surface area contributed by atoms with E-state index < -0.39 is 6.29 Å². The molecule has 3 heteroatoms. The minimum Gasteiger partial charge on any atom is -0.466 e. The van der Waals surface area contributed by atoms with Gasteiger partial charge in [0.05, 0.1) is 0 Å². The fourth-order valence-corrected chi connectivity index (χ4v) is 1.15. The first-order valence-corrected chi connectivity index (χ1v) is 4.05. The van der Waals surface area contributed by atoms with E-state index in [4.69, 9.17) is 9.47 Å². The molecule has 68 valence electrons. The van der Waals surface area contributed by atoms with Crippen molar-refractivity contribution in [3.05, 3.63) is 41.7 Å². The van der Waals surface area contributed by atoms with Crippen molar-refractivity contribution in [1.82, 2.24) is 0 Å². The molecule has 0 radical (unpaired) electrons. The number of hydrogen-bond donors (Lipinski definition) is 1. The minimum absolute atomic E-state index is 0.125. The van der Waals surface area contributed by atoms with E-state index >= 15 is 0 Å². The normalized spacial score (nSPS) is 24.7. The molecule has 0 aliphatic carbocycles. The number of aliphatic hydroxyl groups excluding tert-OH is 1. The maximum atomic E-state index is 9.23. The van der Waals surface area contributed by atoms with Gasteiger partial charge in [-0.25, -0.2) is 0 Å². The van der Waals surface area contributed by atoms with Crippen LogP contribution in [0.1, 0.15) is 5.56 Å². The van der Waals surface area contributed by atoms with Gasteiger partial charge in [-0.3, -0.25) is 0 Å². The van der Waals surface area contributed by atoms with Crippen LogP contribution >= 0.6 is 0 Å². The van der Waals surface area contributed by atoms with Crippen molar-refractivity contribution in [2.24, 2.45) is 0 Å². The van der Waals surface area contributed by atoms with Gasteiger partial charge in [-0.05, 0) is 11.6 Å². The third kappa shape index (κ3) is 1.88. The molecule has 0 amide bonds. The average molecular weight is 178 g/mol. The van der Waals surface area contributed by atoms with Crippen molar-refractivity contribution in [3.63, 3.8) is 0 Å². The number of hydrogen-bond acceptors (Lipinski definition) is 3.